The van der Waals surface area contributed by atoms with Gasteiger partial charge in [0.05, 0.1) is 16.3 Å². The molecule has 104 valence electrons. The average molecular weight is 300 g/mol. The number of aryl methyl sites for hydroxylation is 1. The lowest BCUT2D eigenvalue weighted by Crippen LogP contribution is -2.39. The van der Waals surface area contributed by atoms with Crippen LogP contribution in [0.3, 0.4) is 0 Å². The summed E-state index contributed by atoms with van der Waals surface area (Å²) < 4.78 is 1.07. The highest BCUT2D eigenvalue weighted by atomic mass is 35.5. The van der Waals surface area contributed by atoms with E-state index in [-0.39, 0.29) is 24.2 Å². The molecule has 0 aliphatic carbocycles. The van der Waals surface area contributed by atoms with Gasteiger partial charge in [-0.3, -0.25) is 4.79 Å². The fourth-order valence-corrected chi connectivity index (χ4v) is 2.54. The van der Waals surface area contributed by atoms with Gasteiger partial charge in [0.15, 0.2) is 5.13 Å². The number of thiazole rings is 1. The van der Waals surface area contributed by atoms with E-state index in [0.717, 1.165) is 10.2 Å². The van der Waals surface area contributed by atoms with Crippen LogP contribution in [0.4, 0.5) is 5.13 Å². The number of anilines is 1. The molecule has 0 spiro atoms. The monoisotopic (exact) mass is 299 g/mol. The van der Waals surface area contributed by atoms with Gasteiger partial charge in [-0.2, -0.15) is 0 Å². The Kier molecular flexibility index (Phi) is 5.29. The zero-order valence-electron chi connectivity index (χ0n) is 11.1. The number of hydrogen-bond donors (Lipinski definition) is 2. The first-order valence-electron chi connectivity index (χ1n) is 5.91. The number of hydrogen-bond acceptors (Lipinski definition) is 4. The summed E-state index contributed by atoms with van der Waals surface area (Å²) >= 11 is 1.47. The third-order valence-corrected chi connectivity index (χ3v) is 3.73. The van der Waals surface area contributed by atoms with Gasteiger partial charge in [-0.25, -0.2) is 4.98 Å². The number of nitrogens with two attached hydrogens (primary N) is 1. The van der Waals surface area contributed by atoms with Gasteiger partial charge in [0.25, 0.3) is 0 Å². The highest BCUT2D eigenvalue weighted by Gasteiger charge is 2.18. The standard InChI is InChI=1S/C13H17N3OS.ClH/c1-7(2)11(14)12(17)16-13-15-9-5-4-8(3)6-10(9)18-13;/h4-7,11H,14H2,1-3H3,(H,15,16,17);1H/t11-;/m0./s1. The van der Waals surface area contributed by atoms with Crippen LogP contribution in [0, 0.1) is 12.8 Å². The third kappa shape index (κ3) is 3.65. The van der Waals surface area contributed by atoms with Crippen LogP contribution in [0.25, 0.3) is 10.2 Å². The first-order valence-corrected chi connectivity index (χ1v) is 6.72. The van der Waals surface area contributed by atoms with Crippen molar-refractivity contribution >= 4 is 45.0 Å². The van der Waals surface area contributed by atoms with Gasteiger partial charge >= 0.3 is 0 Å². The molecular weight excluding hydrogens is 282 g/mol. The van der Waals surface area contributed by atoms with Gasteiger partial charge in [0.1, 0.15) is 0 Å². The zero-order chi connectivity index (χ0) is 13.3. The van der Waals surface area contributed by atoms with Crippen molar-refractivity contribution in [3.8, 4) is 0 Å². The second kappa shape index (κ2) is 6.32. The summed E-state index contributed by atoms with van der Waals surface area (Å²) in [7, 11) is 0. The van der Waals surface area contributed by atoms with Crippen LogP contribution in [0.2, 0.25) is 0 Å². The SMILES string of the molecule is Cc1ccc2nc(NC(=O)[C@@H](N)C(C)C)sc2c1.Cl. The Labute approximate surface area is 122 Å². The van der Waals surface area contributed by atoms with Crippen LogP contribution < -0.4 is 11.1 Å². The second-order valence-electron chi connectivity index (χ2n) is 4.75. The predicted molar refractivity (Wildman–Crippen MR) is 83.0 cm³/mol. The molecule has 3 N–H and O–H groups in total. The van der Waals surface area contributed by atoms with Crippen LogP contribution in [0.5, 0.6) is 0 Å². The van der Waals surface area contributed by atoms with E-state index in [4.69, 9.17) is 5.73 Å². The minimum absolute atomic E-state index is 0. The minimum Gasteiger partial charge on any atom is -0.320 e. The fourth-order valence-electron chi connectivity index (χ4n) is 1.58. The molecule has 4 nitrogen and oxygen atoms in total. The maximum Gasteiger partial charge on any atom is 0.243 e. The van der Waals surface area contributed by atoms with Crippen LogP contribution in [-0.2, 0) is 4.79 Å². The average Bonchev–Trinajstić information content (AvgIpc) is 2.68. The molecule has 19 heavy (non-hydrogen) atoms. The van der Waals surface area contributed by atoms with Crippen LogP contribution in [-0.4, -0.2) is 16.9 Å². The van der Waals surface area contributed by atoms with E-state index in [1.807, 2.05) is 32.9 Å². The highest BCUT2D eigenvalue weighted by Crippen LogP contribution is 2.26. The molecule has 0 radical (unpaired) electrons. The predicted octanol–water partition coefficient (Wildman–Crippen LogP) is 2.95. The van der Waals surface area contributed by atoms with Crippen molar-refractivity contribution in [2.45, 2.75) is 26.8 Å². The summed E-state index contributed by atoms with van der Waals surface area (Å²) in [5, 5.41) is 3.38. The number of halogens is 1. The van der Waals surface area contributed by atoms with Crippen LogP contribution >= 0.6 is 23.7 Å². The topological polar surface area (TPSA) is 68.0 Å². The summed E-state index contributed by atoms with van der Waals surface area (Å²) in [5.41, 5.74) is 7.88. The Hall–Kier alpha value is -1.17. The van der Waals surface area contributed by atoms with E-state index >= 15 is 0 Å². The number of amides is 1. The molecule has 6 heteroatoms. The van der Waals surface area contributed by atoms with Gasteiger partial charge in [-0.1, -0.05) is 31.3 Å². The van der Waals surface area contributed by atoms with Gasteiger partial charge < -0.3 is 11.1 Å². The van der Waals surface area contributed by atoms with Gasteiger partial charge in [-0.05, 0) is 30.5 Å². The summed E-state index contributed by atoms with van der Waals surface area (Å²) in [6.07, 6.45) is 0. The molecular formula is C13H18ClN3OS. The largest absolute Gasteiger partial charge is 0.320 e. The molecule has 0 saturated carbocycles. The first-order chi connectivity index (χ1) is 8.47. The zero-order valence-corrected chi connectivity index (χ0v) is 12.8. The van der Waals surface area contributed by atoms with Crippen molar-refractivity contribution in [3.05, 3.63) is 23.8 Å². The number of aromatic nitrogens is 1. The molecule has 1 atom stereocenters. The maximum absolute atomic E-state index is 11.8. The lowest BCUT2D eigenvalue weighted by Gasteiger charge is -2.13. The van der Waals surface area contributed by atoms with Crippen molar-refractivity contribution in [1.29, 1.82) is 0 Å². The van der Waals surface area contributed by atoms with Crippen molar-refractivity contribution < 1.29 is 4.79 Å². The van der Waals surface area contributed by atoms with Crippen molar-refractivity contribution in [3.63, 3.8) is 0 Å². The van der Waals surface area contributed by atoms with E-state index in [0.29, 0.717) is 5.13 Å². The minimum atomic E-state index is -0.501. The van der Waals surface area contributed by atoms with Gasteiger partial charge in [-0.15, -0.1) is 12.4 Å². The first kappa shape index (κ1) is 15.9. The molecule has 0 aliphatic rings. The molecule has 0 bridgehead atoms. The molecule has 0 aliphatic heterocycles. The van der Waals surface area contributed by atoms with Gasteiger partial charge in [0.2, 0.25) is 5.91 Å². The molecule has 0 unspecified atom stereocenters. The highest BCUT2D eigenvalue weighted by molar-refractivity contribution is 7.22. The van der Waals surface area contributed by atoms with E-state index in [2.05, 4.69) is 16.4 Å². The van der Waals surface area contributed by atoms with Crippen LogP contribution in [0.15, 0.2) is 18.2 Å². The Morgan fingerprint density at radius 1 is 1.42 bits per heavy atom. The molecule has 0 fully saturated rings. The maximum atomic E-state index is 11.8. The van der Waals surface area contributed by atoms with E-state index in [1.165, 1.54) is 16.9 Å². The fraction of sp³-hybridized carbons (Fsp3) is 0.385. The summed E-state index contributed by atoms with van der Waals surface area (Å²) in [6.45, 7) is 5.88. The van der Waals surface area contributed by atoms with E-state index in [9.17, 15) is 4.79 Å². The Morgan fingerprint density at radius 2 is 2.11 bits per heavy atom. The van der Waals surface area contributed by atoms with Crippen molar-refractivity contribution in [1.82, 2.24) is 4.98 Å². The van der Waals surface area contributed by atoms with Crippen LogP contribution in [0.1, 0.15) is 19.4 Å². The summed E-state index contributed by atoms with van der Waals surface area (Å²) in [5.74, 6) is -0.0672. The lowest BCUT2D eigenvalue weighted by molar-refractivity contribution is -0.118. The number of benzene rings is 1. The lowest BCUT2D eigenvalue weighted by atomic mass is 10.1. The molecule has 1 aromatic heterocycles. The quantitative estimate of drug-likeness (QED) is 0.915. The number of carbonyl (C=O) groups excluding carboxylic acids is 1. The van der Waals surface area contributed by atoms with E-state index in [1.54, 1.807) is 0 Å². The number of fused-ring (bicyclic) bond motifs is 1. The number of rotatable bonds is 3. The third-order valence-electron chi connectivity index (χ3n) is 2.80. The molecule has 2 aromatic rings. The molecule has 1 heterocycles. The number of nitrogens with zero attached hydrogens (tertiary/aromatic N) is 1. The molecule has 0 saturated heterocycles. The Balaban J connectivity index is 0.00000180. The van der Waals surface area contributed by atoms with E-state index < -0.39 is 6.04 Å². The van der Waals surface area contributed by atoms with Crippen molar-refractivity contribution in [2.75, 3.05) is 5.32 Å². The Morgan fingerprint density at radius 3 is 2.74 bits per heavy atom. The van der Waals surface area contributed by atoms with Crippen molar-refractivity contribution in [2.24, 2.45) is 11.7 Å². The summed E-state index contributed by atoms with van der Waals surface area (Å²) in [4.78, 5) is 16.2. The second-order valence-corrected chi connectivity index (χ2v) is 5.78. The normalized spacial score (nSPS) is 12.3. The summed E-state index contributed by atoms with van der Waals surface area (Å²) in [6, 6.07) is 5.52. The molecule has 1 amide bonds. The Bertz CT molecular complexity index is 582. The van der Waals surface area contributed by atoms with Gasteiger partial charge in [0, 0.05) is 0 Å². The number of nitrogens with one attached hydrogen (secondary N) is 1. The molecule has 1 aromatic carbocycles. The molecule has 2 rings (SSSR count). The smallest absolute Gasteiger partial charge is 0.243 e. The number of carbonyl (C=O) groups is 1.